The molecule has 42 heavy (non-hydrogen) atoms. The average Bonchev–Trinajstić information content (AvgIpc) is 2.95. The number of ether oxygens (including phenoxy) is 1. The molecule has 0 aromatic carbocycles. The lowest BCUT2D eigenvalue weighted by Crippen LogP contribution is -2.66. The molecule has 2 aliphatic heterocycles. The molecule has 246 valence electrons. The second-order valence-corrected chi connectivity index (χ2v) is 28.9. The molecule has 2 fully saturated rings. The van der Waals surface area contributed by atoms with Gasteiger partial charge in [-0.25, -0.2) is 0 Å². The fraction of sp³-hybridized carbons (Fsp3) is 0.938. The van der Waals surface area contributed by atoms with E-state index < -0.39 is 37.1 Å². The van der Waals surface area contributed by atoms with Crippen molar-refractivity contribution in [3.8, 4) is 0 Å². The Morgan fingerprint density at radius 3 is 1.57 bits per heavy atom. The normalized spacial score (nSPS) is 25.8. The van der Waals surface area contributed by atoms with Crippen LogP contribution in [0.2, 0.25) is 46.3 Å². The van der Waals surface area contributed by atoms with Gasteiger partial charge in [0.05, 0.1) is 31.0 Å². The van der Waals surface area contributed by atoms with Crippen LogP contribution in [0.4, 0.5) is 0 Å². The summed E-state index contributed by atoms with van der Waals surface area (Å²) >= 11 is 0. The molecule has 0 aliphatic carbocycles. The van der Waals surface area contributed by atoms with Crippen molar-refractivity contribution < 1.29 is 32.0 Å². The van der Waals surface area contributed by atoms with Gasteiger partial charge in [0.2, 0.25) is 11.6 Å². The van der Waals surface area contributed by atoms with E-state index in [2.05, 4.69) is 83.1 Å². The molecule has 7 nitrogen and oxygen atoms in total. The topological polar surface area (TPSA) is 80.3 Å². The number of ketones is 2. The lowest BCUT2D eigenvalue weighted by Gasteiger charge is -2.55. The standard InChI is InChI=1S/C32H64O7Si3/c1-13-40(14-2,15-3)37-27-20-19-21-35-28(27)22-25(33)26(34)23-29-30(38-41(16-4,17-5)18-6)24-36-42(39-29,31(7,8)9)32(10,11)12/h27-30H,13-24H2,1-12H3/t27-,28+,29-,30+/m0/s1. The van der Waals surface area contributed by atoms with Gasteiger partial charge in [-0.15, -0.1) is 0 Å². The van der Waals surface area contributed by atoms with E-state index in [1.807, 2.05) is 0 Å². The summed E-state index contributed by atoms with van der Waals surface area (Å²) in [5, 5.41) is -0.462. The molecule has 2 aliphatic rings. The van der Waals surface area contributed by atoms with Crippen LogP contribution in [0.1, 0.15) is 109 Å². The Bertz CT molecular complexity index is 844. The summed E-state index contributed by atoms with van der Waals surface area (Å²) in [6, 6.07) is 6.12. The fourth-order valence-corrected chi connectivity index (χ4v) is 17.9. The van der Waals surface area contributed by atoms with Crippen molar-refractivity contribution in [1.82, 2.24) is 0 Å². The number of hydrogen-bond acceptors (Lipinski definition) is 7. The van der Waals surface area contributed by atoms with Crippen LogP contribution in [0, 0.1) is 0 Å². The second kappa shape index (κ2) is 15.4. The van der Waals surface area contributed by atoms with E-state index in [-0.39, 0.29) is 47.0 Å². The van der Waals surface area contributed by atoms with E-state index in [1.165, 1.54) is 0 Å². The largest absolute Gasteiger partial charge is 0.411 e. The molecule has 0 bridgehead atoms. The van der Waals surface area contributed by atoms with E-state index >= 15 is 0 Å². The van der Waals surface area contributed by atoms with Gasteiger partial charge in [-0.05, 0) is 49.1 Å². The summed E-state index contributed by atoms with van der Waals surface area (Å²) < 4.78 is 33.6. The molecule has 0 N–H and O–H groups in total. The highest BCUT2D eigenvalue weighted by Crippen LogP contribution is 2.54. The van der Waals surface area contributed by atoms with Crippen molar-refractivity contribution in [1.29, 1.82) is 0 Å². The maximum absolute atomic E-state index is 13.7. The zero-order chi connectivity index (χ0) is 32.0. The van der Waals surface area contributed by atoms with E-state index in [0.717, 1.165) is 49.1 Å². The minimum Gasteiger partial charge on any atom is -0.411 e. The smallest absolute Gasteiger partial charge is 0.349 e. The molecule has 0 aromatic rings. The molecule has 10 heteroatoms. The molecule has 0 saturated carbocycles. The molecule has 0 radical (unpaired) electrons. The number of Topliss-reactive ketones (excluding diaryl/α,β-unsaturated/α-hetero) is 2. The Morgan fingerprint density at radius 1 is 0.714 bits per heavy atom. The highest BCUT2D eigenvalue weighted by molar-refractivity contribution is 6.74. The monoisotopic (exact) mass is 644 g/mol. The summed E-state index contributed by atoms with van der Waals surface area (Å²) in [6.45, 7) is 27.3. The third-order valence-corrected chi connectivity index (χ3v) is 24.8. The predicted octanol–water partition coefficient (Wildman–Crippen LogP) is 8.32. The van der Waals surface area contributed by atoms with Crippen molar-refractivity contribution in [3.05, 3.63) is 0 Å². The van der Waals surface area contributed by atoms with Crippen LogP contribution >= 0.6 is 0 Å². The van der Waals surface area contributed by atoms with Gasteiger partial charge in [0.25, 0.3) is 0 Å². The highest BCUT2D eigenvalue weighted by Gasteiger charge is 2.62. The van der Waals surface area contributed by atoms with Gasteiger partial charge < -0.3 is 22.4 Å². The number of hydrogen-bond donors (Lipinski definition) is 0. The first-order chi connectivity index (χ1) is 19.5. The van der Waals surface area contributed by atoms with Crippen molar-refractivity contribution in [2.45, 2.75) is 180 Å². The zero-order valence-electron chi connectivity index (χ0n) is 29.2. The second-order valence-electron chi connectivity index (χ2n) is 14.7. The van der Waals surface area contributed by atoms with Crippen molar-refractivity contribution in [2.24, 2.45) is 0 Å². The van der Waals surface area contributed by atoms with Gasteiger partial charge >= 0.3 is 8.56 Å². The Labute approximate surface area is 261 Å². The summed E-state index contributed by atoms with van der Waals surface area (Å²) in [5.74, 6) is -0.777. The maximum Gasteiger partial charge on any atom is 0.349 e. The predicted molar refractivity (Wildman–Crippen MR) is 178 cm³/mol. The SMILES string of the molecule is CC[Si](CC)(CC)O[C@H]1CCCO[C@@H]1CC(=O)C(=O)C[C@@H]1O[Si](C(C)(C)C)(C(C)(C)C)OC[C@H]1O[Si](CC)(CC)CC. The number of carbonyl (C=O) groups is 2. The minimum absolute atomic E-state index is 0.0191. The van der Waals surface area contributed by atoms with Gasteiger partial charge in [0.1, 0.15) is 0 Å². The first kappa shape index (κ1) is 38.0. The Hall–Kier alpha value is -0.209. The summed E-state index contributed by atoms with van der Waals surface area (Å²) in [4.78, 5) is 27.2. The van der Waals surface area contributed by atoms with E-state index in [1.54, 1.807) is 0 Å². The molecular formula is C32H64O7Si3. The Kier molecular flexibility index (Phi) is 13.9. The van der Waals surface area contributed by atoms with Crippen molar-refractivity contribution >= 4 is 36.8 Å². The van der Waals surface area contributed by atoms with Crippen LogP contribution in [0.5, 0.6) is 0 Å². The molecule has 2 rings (SSSR count). The molecule has 0 unspecified atom stereocenters. The van der Waals surface area contributed by atoms with Crippen LogP contribution in [0.3, 0.4) is 0 Å². The minimum atomic E-state index is -2.86. The molecule has 4 atom stereocenters. The van der Waals surface area contributed by atoms with Gasteiger partial charge in [-0.1, -0.05) is 83.1 Å². The van der Waals surface area contributed by atoms with E-state index in [9.17, 15) is 9.59 Å². The molecule has 0 spiro atoms. The third kappa shape index (κ3) is 8.53. The molecule has 2 saturated heterocycles. The Morgan fingerprint density at radius 2 is 1.14 bits per heavy atom. The zero-order valence-corrected chi connectivity index (χ0v) is 32.2. The summed E-state index contributed by atoms with van der Waals surface area (Å²) in [5.41, 5.74) is 0. The maximum atomic E-state index is 13.7. The lowest BCUT2D eigenvalue weighted by atomic mass is 9.97. The van der Waals surface area contributed by atoms with Crippen molar-refractivity contribution in [3.63, 3.8) is 0 Å². The van der Waals surface area contributed by atoms with Gasteiger partial charge in [0, 0.05) is 29.5 Å². The van der Waals surface area contributed by atoms with Gasteiger partial charge in [-0.3, -0.25) is 9.59 Å². The van der Waals surface area contributed by atoms with Crippen LogP contribution < -0.4 is 0 Å². The van der Waals surface area contributed by atoms with E-state index in [0.29, 0.717) is 13.2 Å². The Balaban J connectivity index is 2.31. The summed E-state index contributed by atoms with van der Waals surface area (Å²) in [7, 11) is -6.75. The average molecular weight is 645 g/mol. The van der Waals surface area contributed by atoms with Gasteiger partial charge in [0.15, 0.2) is 16.6 Å². The van der Waals surface area contributed by atoms with Crippen LogP contribution in [0.15, 0.2) is 0 Å². The van der Waals surface area contributed by atoms with Crippen LogP contribution in [-0.4, -0.2) is 74.4 Å². The molecular weight excluding hydrogens is 581 g/mol. The van der Waals surface area contributed by atoms with Crippen LogP contribution in [0.25, 0.3) is 0 Å². The quantitative estimate of drug-likeness (QED) is 0.131. The fourth-order valence-electron chi connectivity index (χ4n) is 7.20. The number of carbonyl (C=O) groups excluding carboxylic acids is 2. The van der Waals surface area contributed by atoms with Crippen LogP contribution in [-0.2, 0) is 32.0 Å². The summed E-state index contributed by atoms with van der Waals surface area (Å²) in [6.07, 6.45) is 0.538. The first-order valence-corrected chi connectivity index (χ1v) is 23.7. The molecule has 0 amide bonds. The molecule has 0 aromatic heterocycles. The first-order valence-electron chi connectivity index (χ1n) is 16.9. The van der Waals surface area contributed by atoms with Gasteiger partial charge in [-0.2, -0.15) is 0 Å². The molecule has 2 heterocycles. The van der Waals surface area contributed by atoms with Crippen molar-refractivity contribution in [2.75, 3.05) is 13.2 Å². The highest BCUT2D eigenvalue weighted by atomic mass is 28.4. The number of rotatable bonds is 15. The third-order valence-electron chi connectivity index (χ3n) is 10.3. The lowest BCUT2D eigenvalue weighted by molar-refractivity contribution is -0.144. The van der Waals surface area contributed by atoms with E-state index in [4.69, 9.17) is 22.4 Å².